The molecule has 4 N–H and O–H groups in total. The number of nitrogens with two attached hydrogens (primary N) is 1. The first-order valence-electron chi connectivity index (χ1n) is 5.75. The van der Waals surface area contributed by atoms with E-state index in [1.165, 1.54) is 13.2 Å². The third-order valence-corrected chi connectivity index (χ3v) is 3.44. The van der Waals surface area contributed by atoms with E-state index in [1.54, 1.807) is 30.3 Å². The van der Waals surface area contributed by atoms with Crippen LogP contribution in [0.25, 0.3) is 0 Å². The lowest BCUT2D eigenvalue weighted by molar-refractivity contribution is 0.102. The summed E-state index contributed by atoms with van der Waals surface area (Å²) in [6, 6.07) is 9.77. The van der Waals surface area contributed by atoms with Gasteiger partial charge in [-0.2, -0.15) is 0 Å². The molecule has 2 rings (SSSR count). The maximum atomic E-state index is 12.1. The quantitative estimate of drug-likeness (QED) is 0.752. The molecular weight excluding hydrogens is 324 g/mol. The molecule has 0 spiro atoms. The van der Waals surface area contributed by atoms with Gasteiger partial charge in [0.25, 0.3) is 5.91 Å². The minimum atomic E-state index is -0.442. The zero-order valence-electron chi connectivity index (χ0n) is 10.7. The summed E-state index contributed by atoms with van der Waals surface area (Å²) in [7, 11) is 1.42. The molecule has 2 aromatic carbocycles. The standard InChI is InChI=1S/C14H13BrN2O3/c1-20-12-4-2-3-9(13(12)18)14(19)17-8-5-6-10(15)11(16)7-8/h2-7,18H,16H2,1H3,(H,17,19). The molecule has 0 radical (unpaired) electrons. The van der Waals surface area contributed by atoms with Crippen molar-refractivity contribution in [1.29, 1.82) is 0 Å². The SMILES string of the molecule is COc1cccc(C(=O)Nc2ccc(Br)c(N)c2)c1O. The van der Waals surface area contributed by atoms with Gasteiger partial charge in [-0.15, -0.1) is 0 Å². The van der Waals surface area contributed by atoms with E-state index >= 15 is 0 Å². The maximum Gasteiger partial charge on any atom is 0.259 e. The molecule has 0 aliphatic heterocycles. The summed E-state index contributed by atoms with van der Waals surface area (Å²) in [5.74, 6) is -0.395. The number of amides is 1. The molecule has 6 heteroatoms. The minimum Gasteiger partial charge on any atom is -0.504 e. The highest BCUT2D eigenvalue weighted by molar-refractivity contribution is 9.10. The van der Waals surface area contributed by atoms with Crippen LogP contribution in [0.3, 0.4) is 0 Å². The summed E-state index contributed by atoms with van der Waals surface area (Å²) in [4.78, 5) is 12.1. The van der Waals surface area contributed by atoms with Crippen molar-refractivity contribution in [2.75, 3.05) is 18.2 Å². The number of anilines is 2. The van der Waals surface area contributed by atoms with Crippen molar-refractivity contribution >= 4 is 33.2 Å². The number of methoxy groups -OCH3 is 1. The number of para-hydroxylation sites is 1. The van der Waals surface area contributed by atoms with E-state index in [2.05, 4.69) is 21.2 Å². The Morgan fingerprint density at radius 3 is 2.75 bits per heavy atom. The number of hydrogen-bond donors (Lipinski definition) is 3. The number of aromatic hydroxyl groups is 1. The van der Waals surface area contributed by atoms with Crippen molar-refractivity contribution in [3.05, 3.63) is 46.4 Å². The Morgan fingerprint density at radius 2 is 2.10 bits per heavy atom. The molecule has 2 aromatic rings. The molecule has 0 aliphatic rings. The topological polar surface area (TPSA) is 84.6 Å². The summed E-state index contributed by atoms with van der Waals surface area (Å²) in [5.41, 5.74) is 6.92. The zero-order valence-corrected chi connectivity index (χ0v) is 12.3. The molecule has 1 amide bonds. The largest absolute Gasteiger partial charge is 0.504 e. The van der Waals surface area contributed by atoms with Gasteiger partial charge in [-0.1, -0.05) is 6.07 Å². The second-order valence-corrected chi connectivity index (χ2v) is 4.90. The van der Waals surface area contributed by atoms with Crippen LogP contribution in [0.1, 0.15) is 10.4 Å². The van der Waals surface area contributed by atoms with Gasteiger partial charge in [0.2, 0.25) is 0 Å². The average molecular weight is 337 g/mol. The zero-order chi connectivity index (χ0) is 14.7. The first-order valence-corrected chi connectivity index (χ1v) is 6.54. The van der Waals surface area contributed by atoms with Gasteiger partial charge in [0.05, 0.1) is 12.7 Å². The van der Waals surface area contributed by atoms with Crippen LogP contribution in [0, 0.1) is 0 Å². The Kier molecular flexibility index (Phi) is 4.14. The van der Waals surface area contributed by atoms with Crippen LogP contribution in [0.4, 0.5) is 11.4 Å². The van der Waals surface area contributed by atoms with Crippen LogP contribution in [0.15, 0.2) is 40.9 Å². The molecule has 0 heterocycles. The smallest absolute Gasteiger partial charge is 0.259 e. The summed E-state index contributed by atoms with van der Waals surface area (Å²) in [6.07, 6.45) is 0. The summed E-state index contributed by atoms with van der Waals surface area (Å²) < 4.78 is 5.71. The van der Waals surface area contributed by atoms with E-state index in [9.17, 15) is 9.90 Å². The first-order chi connectivity index (χ1) is 9.52. The van der Waals surface area contributed by atoms with Crippen LogP contribution in [-0.4, -0.2) is 18.1 Å². The van der Waals surface area contributed by atoms with Crippen molar-refractivity contribution in [1.82, 2.24) is 0 Å². The number of rotatable bonds is 3. The Hall–Kier alpha value is -2.21. The number of carbonyl (C=O) groups is 1. The van der Waals surface area contributed by atoms with Gasteiger partial charge in [0.1, 0.15) is 0 Å². The highest BCUT2D eigenvalue weighted by Crippen LogP contribution is 2.30. The van der Waals surface area contributed by atoms with Gasteiger partial charge in [0, 0.05) is 15.8 Å². The molecular formula is C14H13BrN2O3. The van der Waals surface area contributed by atoms with Crippen molar-refractivity contribution in [3.63, 3.8) is 0 Å². The van der Waals surface area contributed by atoms with Gasteiger partial charge in [-0.05, 0) is 46.3 Å². The molecule has 0 fully saturated rings. The third kappa shape index (κ3) is 2.85. The first kappa shape index (κ1) is 14.2. The van der Waals surface area contributed by atoms with E-state index in [-0.39, 0.29) is 17.1 Å². The highest BCUT2D eigenvalue weighted by atomic mass is 79.9. The number of benzene rings is 2. The van der Waals surface area contributed by atoms with Crippen LogP contribution in [0.5, 0.6) is 11.5 Å². The van der Waals surface area contributed by atoms with Gasteiger partial charge in [-0.3, -0.25) is 4.79 Å². The molecule has 0 saturated heterocycles. The lowest BCUT2D eigenvalue weighted by Gasteiger charge is -2.10. The fourth-order valence-corrected chi connectivity index (χ4v) is 1.94. The van der Waals surface area contributed by atoms with Gasteiger partial charge < -0.3 is 20.9 Å². The number of hydrogen-bond acceptors (Lipinski definition) is 4. The third-order valence-electron chi connectivity index (χ3n) is 2.72. The summed E-state index contributed by atoms with van der Waals surface area (Å²) in [5, 5.41) is 12.6. The van der Waals surface area contributed by atoms with E-state index < -0.39 is 5.91 Å². The summed E-state index contributed by atoms with van der Waals surface area (Å²) in [6.45, 7) is 0. The van der Waals surface area contributed by atoms with Crippen LogP contribution in [0.2, 0.25) is 0 Å². The van der Waals surface area contributed by atoms with Crippen molar-refractivity contribution < 1.29 is 14.6 Å². The monoisotopic (exact) mass is 336 g/mol. The highest BCUT2D eigenvalue weighted by Gasteiger charge is 2.15. The molecule has 0 bridgehead atoms. The summed E-state index contributed by atoms with van der Waals surface area (Å²) >= 11 is 3.28. The van der Waals surface area contributed by atoms with E-state index in [0.717, 1.165) is 4.47 Å². The van der Waals surface area contributed by atoms with Crippen LogP contribution < -0.4 is 15.8 Å². The van der Waals surface area contributed by atoms with E-state index in [4.69, 9.17) is 10.5 Å². The van der Waals surface area contributed by atoms with Crippen molar-refractivity contribution in [2.45, 2.75) is 0 Å². The lowest BCUT2D eigenvalue weighted by atomic mass is 10.1. The Labute approximate surface area is 124 Å². The fourth-order valence-electron chi connectivity index (χ4n) is 1.69. The van der Waals surface area contributed by atoms with Crippen molar-refractivity contribution in [3.8, 4) is 11.5 Å². The molecule has 20 heavy (non-hydrogen) atoms. The number of nitrogen functional groups attached to an aromatic ring is 1. The van der Waals surface area contributed by atoms with E-state index in [1.807, 2.05) is 0 Å². The molecule has 0 aromatic heterocycles. The van der Waals surface area contributed by atoms with Crippen LogP contribution >= 0.6 is 15.9 Å². The van der Waals surface area contributed by atoms with Gasteiger partial charge in [0.15, 0.2) is 11.5 Å². The fraction of sp³-hybridized carbons (Fsp3) is 0.0714. The van der Waals surface area contributed by atoms with Gasteiger partial charge >= 0.3 is 0 Å². The van der Waals surface area contributed by atoms with E-state index in [0.29, 0.717) is 11.4 Å². The Balaban J connectivity index is 2.26. The number of phenolic OH excluding ortho intramolecular Hbond substituents is 1. The Morgan fingerprint density at radius 1 is 1.35 bits per heavy atom. The second kappa shape index (κ2) is 5.83. The number of carbonyl (C=O) groups excluding carboxylic acids is 1. The maximum absolute atomic E-state index is 12.1. The number of nitrogens with one attached hydrogen (secondary N) is 1. The molecule has 0 atom stereocenters. The minimum absolute atomic E-state index is 0.130. The molecule has 0 saturated carbocycles. The number of ether oxygens (including phenoxy) is 1. The molecule has 5 nitrogen and oxygen atoms in total. The van der Waals surface area contributed by atoms with Gasteiger partial charge in [-0.25, -0.2) is 0 Å². The number of halogens is 1. The average Bonchev–Trinajstić information content (AvgIpc) is 2.43. The Bertz CT molecular complexity index is 659. The second-order valence-electron chi connectivity index (χ2n) is 4.05. The predicted molar refractivity (Wildman–Crippen MR) is 81.2 cm³/mol. The normalized spacial score (nSPS) is 10.1. The molecule has 104 valence electrons. The van der Waals surface area contributed by atoms with Crippen LogP contribution in [-0.2, 0) is 0 Å². The lowest BCUT2D eigenvalue weighted by Crippen LogP contribution is -2.12. The molecule has 0 unspecified atom stereocenters. The van der Waals surface area contributed by atoms with Crippen molar-refractivity contribution in [2.24, 2.45) is 0 Å². The molecule has 0 aliphatic carbocycles. The predicted octanol–water partition coefficient (Wildman–Crippen LogP) is 3.00. The number of phenols is 1.